The van der Waals surface area contributed by atoms with E-state index in [4.69, 9.17) is 0 Å². The molecule has 2 N–H and O–H groups in total. The molecular weight excluding hydrogens is 208 g/mol. The molecule has 0 aliphatic heterocycles. The van der Waals surface area contributed by atoms with Gasteiger partial charge in [0.1, 0.15) is 0 Å². The van der Waals surface area contributed by atoms with Gasteiger partial charge in [0.05, 0.1) is 0 Å². The Labute approximate surface area is 102 Å². The molecular formula is C15H18N2. The van der Waals surface area contributed by atoms with Gasteiger partial charge >= 0.3 is 0 Å². The number of benzene rings is 1. The van der Waals surface area contributed by atoms with Crippen molar-refractivity contribution >= 4 is 16.6 Å². The summed E-state index contributed by atoms with van der Waals surface area (Å²) in [4.78, 5) is 3.22. The zero-order valence-corrected chi connectivity index (χ0v) is 9.95. The van der Waals surface area contributed by atoms with E-state index in [0.29, 0.717) is 0 Å². The Balaban J connectivity index is 1.65. The van der Waals surface area contributed by atoms with Crippen LogP contribution < -0.4 is 5.32 Å². The summed E-state index contributed by atoms with van der Waals surface area (Å²) in [5, 5.41) is 4.82. The third kappa shape index (κ3) is 2.36. The normalized spacial score (nSPS) is 19.6. The maximum atomic E-state index is 3.55. The van der Waals surface area contributed by atoms with Gasteiger partial charge in [0.15, 0.2) is 0 Å². The molecule has 1 aliphatic rings. The summed E-state index contributed by atoms with van der Waals surface area (Å²) in [7, 11) is 0. The largest absolute Gasteiger partial charge is 0.385 e. The van der Waals surface area contributed by atoms with Gasteiger partial charge in [-0.2, -0.15) is 0 Å². The third-order valence-corrected chi connectivity index (χ3v) is 3.53. The molecule has 1 heterocycles. The summed E-state index contributed by atoms with van der Waals surface area (Å²) in [5.74, 6) is 0.793. The lowest BCUT2D eigenvalue weighted by atomic mass is 9.94. The Morgan fingerprint density at radius 3 is 3.12 bits per heavy atom. The molecule has 3 rings (SSSR count). The molecule has 2 nitrogen and oxygen atoms in total. The van der Waals surface area contributed by atoms with Crippen LogP contribution in [-0.4, -0.2) is 11.5 Å². The van der Waals surface area contributed by atoms with Gasteiger partial charge < -0.3 is 10.3 Å². The first kappa shape index (κ1) is 10.5. The van der Waals surface area contributed by atoms with E-state index >= 15 is 0 Å². The zero-order valence-electron chi connectivity index (χ0n) is 9.95. The van der Waals surface area contributed by atoms with Crippen molar-refractivity contribution in [1.82, 2.24) is 4.98 Å². The van der Waals surface area contributed by atoms with E-state index in [9.17, 15) is 0 Å². The molecule has 88 valence electrons. The predicted molar refractivity (Wildman–Crippen MR) is 73.3 cm³/mol. The van der Waals surface area contributed by atoms with Crippen LogP contribution in [-0.2, 0) is 0 Å². The Hall–Kier alpha value is -1.70. The highest BCUT2D eigenvalue weighted by Gasteiger charge is 2.09. The molecule has 1 atom stereocenters. The van der Waals surface area contributed by atoms with Gasteiger partial charge in [0.25, 0.3) is 0 Å². The molecule has 1 aliphatic carbocycles. The van der Waals surface area contributed by atoms with E-state index in [1.165, 1.54) is 35.9 Å². The van der Waals surface area contributed by atoms with Crippen LogP contribution in [0.3, 0.4) is 0 Å². The quantitative estimate of drug-likeness (QED) is 0.762. The van der Waals surface area contributed by atoms with Crippen LogP contribution >= 0.6 is 0 Å². The summed E-state index contributed by atoms with van der Waals surface area (Å²) >= 11 is 0. The van der Waals surface area contributed by atoms with Crippen molar-refractivity contribution in [2.75, 3.05) is 11.9 Å². The lowest BCUT2D eigenvalue weighted by Gasteiger charge is -2.18. The number of hydrogen-bond acceptors (Lipinski definition) is 1. The molecule has 0 fully saturated rings. The van der Waals surface area contributed by atoms with E-state index in [0.717, 1.165) is 12.5 Å². The number of hydrogen-bond donors (Lipinski definition) is 2. The molecule has 0 spiro atoms. The molecule has 0 bridgehead atoms. The standard InChI is InChI=1S/C15H18N2/c1-2-4-12(5-3-1)11-17-14-6-7-15-13(10-14)8-9-16-15/h1-2,6-10,12,16-17H,3-5,11H2. The number of aromatic amines is 1. The lowest BCUT2D eigenvalue weighted by Crippen LogP contribution is -2.15. The van der Waals surface area contributed by atoms with Crippen molar-refractivity contribution < 1.29 is 0 Å². The molecule has 1 aromatic heterocycles. The number of H-pyrrole nitrogens is 1. The minimum Gasteiger partial charge on any atom is -0.385 e. The second kappa shape index (κ2) is 4.66. The molecule has 0 saturated carbocycles. The smallest absolute Gasteiger partial charge is 0.0455 e. The van der Waals surface area contributed by atoms with Gasteiger partial charge in [0, 0.05) is 29.3 Å². The minimum absolute atomic E-state index is 0.793. The predicted octanol–water partition coefficient (Wildman–Crippen LogP) is 3.94. The average Bonchev–Trinajstić information content (AvgIpc) is 2.85. The first-order valence-electron chi connectivity index (χ1n) is 6.38. The fourth-order valence-corrected chi connectivity index (χ4v) is 2.47. The van der Waals surface area contributed by atoms with Crippen molar-refractivity contribution in [2.45, 2.75) is 19.3 Å². The van der Waals surface area contributed by atoms with E-state index < -0.39 is 0 Å². The van der Waals surface area contributed by atoms with Gasteiger partial charge in [-0.15, -0.1) is 0 Å². The number of rotatable bonds is 3. The molecule has 0 amide bonds. The Morgan fingerprint density at radius 2 is 2.24 bits per heavy atom. The second-order valence-electron chi connectivity index (χ2n) is 4.81. The second-order valence-corrected chi connectivity index (χ2v) is 4.81. The number of fused-ring (bicyclic) bond motifs is 1. The summed E-state index contributed by atoms with van der Waals surface area (Å²) in [5.41, 5.74) is 2.43. The van der Waals surface area contributed by atoms with Gasteiger partial charge in [0.2, 0.25) is 0 Å². The molecule has 1 unspecified atom stereocenters. The first-order valence-corrected chi connectivity index (χ1v) is 6.38. The van der Waals surface area contributed by atoms with Crippen LogP contribution in [0.25, 0.3) is 10.9 Å². The van der Waals surface area contributed by atoms with Crippen LogP contribution in [0.2, 0.25) is 0 Å². The van der Waals surface area contributed by atoms with E-state index in [1.54, 1.807) is 0 Å². The molecule has 1 aromatic carbocycles. The summed E-state index contributed by atoms with van der Waals surface area (Å²) < 4.78 is 0. The third-order valence-electron chi connectivity index (χ3n) is 3.53. The van der Waals surface area contributed by atoms with Gasteiger partial charge in [-0.1, -0.05) is 12.2 Å². The molecule has 2 aromatic rings. The fourth-order valence-electron chi connectivity index (χ4n) is 2.47. The lowest BCUT2D eigenvalue weighted by molar-refractivity contribution is 0.504. The van der Waals surface area contributed by atoms with Crippen molar-refractivity contribution in [3.8, 4) is 0 Å². The van der Waals surface area contributed by atoms with Crippen molar-refractivity contribution in [1.29, 1.82) is 0 Å². The molecule has 17 heavy (non-hydrogen) atoms. The Morgan fingerprint density at radius 1 is 1.24 bits per heavy atom. The number of nitrogens with one attached hydrogen (secondary N) is 2. The molecule has 2 heteroatoms. The fraction of sp³-hybridized carbons (Fsp3) is 0.333. The number of allylic oxidation sites excluding steroid dienone is 2. The summed E-state index contributed by atoms with van der Waals surface area (Å²) in [6, 6.07) is 8.62. The maximum absolute atomic E-state index is 3.55. The highest BCUT2D eigenvalue weighted by Crippen LogP contribution is 2.21. The van der Waals surface area contributed by atoms with E-state index in [2.05, 4.69) is 46.7 Å². The van der Waals surface area contributed by atoms with Gasteiger partial charge in [-0.25, -0.2) is 0 Å². The highest BCUT2D eigenvalue weighted by molar-refractivity contribution is 5.82. The molecule has 0 saturated heterocycles. The SMILES string of the molecule is C1=CCC(CNc2ccc3[nH]ccc3c2)CC1. The van der Waals surface area contributed by atoms with E-state index in [-0.39, 0.29) is 0 Å². The zero-order chi connectivity index (χ0) is 11.5. The van der Waals surface area contributed by atoms with Gasteiger partial charge in [-0.05, 0) is 49.4 Å². The van der Waals surface area contributed by atoms with Crippen LogP contribution in [0.4, 0.5) is 5.69 Å². The molecule has 0 radical (unpaired) electrons. The van der Waals surface area contributed by atoms with Crippen LogP contribution in [0.5, 0.6) is 0 Å². The topological polar surface area (TPSA) is 27.8 Å². The summed E-state index contributed by atoms with van der Waals surface area (Å²) in [6.45, 7) is 1.08. The Bertz CT molecular complexity index is 524. The average molecular weight is 226 g/mol. The van der Waals surface area contributed by atoms with Crippen LogP contribution in [0, 0.1) is 5.92 Å². The van der Waals surface area contributed by atoms with Crippen LogP contribution in [0.15, 0.2) is 42.6 Å². The summed E-state index contributed by atoms with van der Waals surface area (Å²) in [6.07, 6.45) is 10.4. The minimum atomic E-state index is 0.793. The van der Waals surface area contributed by atoms with Crippen molar-refractivity contribution in [2.24, 2.45) is 5.92 Å². The number of aromatic nitrogens is 1. The van der Waals surface area contributed by atoms with Gasteiger partial charge in [-0.3, -0.25) is 0 Å². The monoisotopic (exact) mass is 226 g/mol. The Kier molecular flexibility index (Phi) is 2.87. The van der Waals surface area contributed by atoms with Crippen LogP contribution in [0.1, 0.15) is 19.3 Å². The van der Waals surface area contributed by atoms with E-state index in [1.807, 2.05) is 6.20 Å². The van der Waals surface area contributed by atoms with Crippen molar-refractivity contribution in [3.63, 3.8) is 0 Å². The highest BCUT2D eigenvalue weighted by atomic mass is 14.9. The maximum Gasteiger partial charge on any atom is 0.0455 e. The van der Waals surface area contributed by atoms with Crippen molar-refractivity contribution in [3.05, 3.63) is 42.6 Å². The first-order chi connectivity index (χ1) is 8.42. The number of anilines is 1.